The molecule has 5 atom stereocenters. The third-order valence-electron chi connectivity index (χ3n) is 6.81. The molecule has 0 unspecified atom stereocenters. The van der Waals surface area contributed by atoms with Gasteiger partial charge in [-0.25, -0.2) is 0 Å². The zero-order chi connectivity index (χ0) is 14.8. The maximum atomic E-state index is 10.4. The van der Waals surface area contributed by atoms with Gasteiger partial charge >= 0.3 is 0 Å². The van der Waals surface area contributed by atoms with Crippen molar-refractivity contribution in [2.45, 2.75) is 57.5 Å². The Labute approximate surface area is 125 Å². The summed E-state index contributed by atoms with van der Waals surface area (Å²) in [7, 11) is 0. The van der Waals surface area contributed by atoms with Crippen LogP contribution < -0.4 is 0 Å². The fourth-order valence-electron chi connectivity index (χ4n) is 5.61. The number of hydrogen-bond donors (Lipinski definition) is 3. The van der Waals surface area contributed by atoms with Crippen molar-refractivity contribution in [3.8, 4) is 11.5 Å². The number of hydrogen-bond acceptors (Lipinski definition) is 3. The number of aromatic hydroxyl groups is 2. The zero-order valence-electron chi connectivity index (χ0n) is 12.5. The van der Waals surface area contributed by atoms with Gasteiger partial charge < -0.3 is 15.3 Å². The predicted octanol–water partition coefficient (Wildman–Crippen LogP) is 3.31. The van der Waals surface area contributed by atoms with E-state index in [1.165, 1.54) is 5.56 Å². The summed E-state index contributed by atoms with van der Waals surface area (Å²) >= 11 is 0. The quantitative estimate of drug-likeness (QED) is 0.642. The molecule has 3 aliphatic rings. The lowest BCUT2D eigenvalue weighted by molar-refractivity contribution is -0.0227. The first-order chi connectivity index (χ1) is 10.0. The Morgan fingerprint density at radius 3 is 2.71 bits per heavy atom. The van der Waals surface area contributed by atoms with Crippen LogP contribution in [0, 0.1) is 17.3 Å². The number of fused-ring (bicyclic) bond motifs is 5. The molecule has 0 bridgehead atoms. The van der Waals surface area contributed by atoms with Crippen molar-refractivity contribution >= 4 is 0 Å². The van der Waals surface area contributed by atoms with Gasteiger partial charge in [0.15, 0.2) is 11.5 Å². The summed E-state index contributed by atoms with van der Waals surface area (Å²) in [6.45, 7) is 2.27. The second-order valence-electron chi connectivity index (χ2n) is 7.55. The maximum Gasteiger partial charge on any atom is 0.160 e. The van der Waals surface area contributed by atoms with Gasteiger partial charge in [-0.15, -0.1) is 0 Å². The Kier molecular flexibility index (Phi) is 2.81. The Bertz CT molecular complexity index is 582. The van der Waals surface area contributed by atoms with Gasteiger partial charge in [-0.2, -0.15) is 0 Å². The molecule has 21 heavy (non-hydrogen) atoms. The summed E-state index contributed by atoms with van der Waals surface area (Å²) in [6, 6.07) is 3.64. The molecule has 0 amide bonds. The lowest BCUT2D eigenvalue weighted by atomic mass is 9.55. The molecular weight excluding hydrogens is 264 g/mol. The largest absolute Gasteiger partial charge is 0.504 e. The van der Waals surface area contributed by atoms with Crippen LogP contribution in [-0.4, -0.2) is 21.4 Å². The molecule has 1 aromatic carbocycles. The van der Waals surface area contributed by atoms with Gasteiger partial charge in [0.2, 0.25) is 0 Å². The summed E-state index contributed by atoms with van der Waals surface area (Å²) in [5, 5.41) is 30.2. The first kappa shape index (κ1) is 13.4. The van der Waals surface area contributed by atoms with Crippen LogP contribution in [0.4, 0.5) is 0 Å². The minimum absolute atomic E-state index is 0.00383. The first-order valence-corrected chi connectivity index (χ1v) is 8.24. The van der Waals surface area contributed by atoms with Gasteiger partial charge in [0.05, 0.1) is 6.10 Å². The molecule has 3 aliphatic carbocycles. The number of rotatable bonds is 0. The molecule has 0 saturated heterocycles. The van der Waals surface area contributed by atoms with E-state index < -0.39 is 0 Å². The van der Waals surface area contributed by atoms with Gasteiger partial charge in [-0.1, -0.05) is 13.0 Å². The first-order valence-electron chi connectivity index (χ1n) is 8.24. The fourth-order valence-corrected chi connectivity index (χ4v) is 5.61. The number of phenolic OH excluding ortho intramolecular Hbond substituents is 2. The van der Waals surface area contributed by atoms with Crippen molar-refractivity contribution in [3.63, 3.8) is 0 Å². The summed E-state index contributed by atoms with van der Waals surface area (Å²) in [5.41, 5.74) is 2.29. The van der Waals surface area contributed by atoms with Crippen LogP contribution in [0.5, 0.6) is 11.5 Å². The molecule has 3 N–H and O–H groups in total. The number of aliphatic hydroxyl groups excluding tert-OH is 1. The molecule has 0 aliphatic heterocycles. The van der Waals surface area contributed by atoms with Crippen LogP contribution in [0.3, 0.4) is 0 Å². The second kappa shape index (κ2) is 4.39. The number of aliphatic hydroxyl groups is 1. The van der Waals surface area contributed by atoms with Crippen molar-refractivity contribution in [3.05, 3.63) is 23.3 Å². The maximum absolute atomic E-state index is 10.4. The molecule has 2 saturated carbocycles. The van der Waals surface area contributed by atoms with Crippen LogP contribution in [0.2, 0.25) is 0 Å². The molecule has 114 valence electrons. The van der Waals surface area contributed by atoms with Gasteiger partial charge in [-0.3, -0.25) is 0 Å². The molecule has 0 radical (unpaired) electrons. The molecule has 3 heteroatoms. The van der Waals surface area contributed by atoms with E-state index in [-0.39, 0.29) is 23.0 Å². The van der Waals surface area contributed by atoms with Gasteiger partial charge in [-0.05, 0) is 73.3 Å². The average Bonchev–Trinajstić information content (AvgIpc) is 2.78. The molecule has 0 heterocycles. The molecule has 4 rings (SSSR count). The van der Waals surface area contributed by atoms with E-state index in [2.05, 4.69) is 6.92 Å². The van der Waals surface area contributed by atoms with Crippen LogP contribution in [-0.2, 0) is 6.42 Å². The van der Waals surface area contributed by atoms with E-state index in [4.69, 9.17) is 0 Å². The molecule has 1 aromatic rings. The average molecular weight is 288 g/mol. The van der Waals surface area contributed by atoms with Gasteiger partial charge in [0.25, 0.3) is 0 Å². The Morgan fingerprint density at radius 2 is 1.90 bits per heavy atom. The van der Waals surface area contributed by atoms with Crippen molar-refractivity contribution in [2.75, 3.05) is 0 Å². The second-order valence-corrected chi connectivity index (χ2v) is 7.55. The monoisotopic (exact) mass is 288 g/mol. The van der Waals surface area contributed by atoms with Gasteiger partial charge in [0.1, 0.15) is 0 Å². The predicted molar refractivity (Wildman–Crippen MR) is 80.4 cm³/mol. The van der Waals surface area contributed by atoms with Crippen molar-refractivity contribution in [2.24, 2.45) is 17.3 Å². The van der Waals surface area contributed by atoms with E-state index in [0.717, 1.165) is 44.1 Å². The normalized spacial score (nSPS) is 41.2. The third kappa shape index (κ3) is 1.70. The highest BCUT2D eigenvalue weighted by molar-refractivity contribution is 5.51. The van der Waals surface area contributed by atoms with Crippen LogP contribution >= 0.6 is 0 Å². The summed E-state index contributed by atoms with van der Waals surface area (Å²) in [6.07, 6.45) is 6.02. The summed E-state index contributed by atoms with van der Waals surface area (Å²) in [4.78, 5) is 0. The van der Waals surface area contributed by atoms with Crippen LogP contribution in [0.15, 0.2) is 12.1 Å². The Hall–Kier alpha value is -1.22. The van der Waals surface area contributed by atoms with E-state index in [9.17, 15) is 15.3 Å². The molecule has 2 fully saturated rings. The Balaban J connectivity index is 1.74. The number of phenols is 2. The van der Waals surface area contributed by atoms with Crippen LogP contribution in [0.25, 0.3) is 0 Å². The van der Waals surface area contributed by atoms with E-state index in [0.29, 0.717) is 17.8 Å². The summed E-state index contributed by atoms with van der Waals surface area (Å²) < 4.78 is 0. The Morgan fingerprint density at radius 1 is 1.10 bits per heavy atom. The summed E-state index contributed by atoms with van der Waals surface area (Å²) in [5.74, 6) is 1.81. The van der Waals surface area contributed by atoms with E-state index in [1.807, 2.05) is 6.07 Å². The lowest BCUT2D eigenvalue weighted by Crippen LogP contribution is -2.43. The zero-order valence-corrected chi connectivity index (χ0v) is 12.5. The van der Waals surface area contributed by atoms with Crippen molar-refractivity contribution < 1.29 is 15.3 Å². The minimum Gasteiger partial charge on any atom is -0.504 e. The van der Waals surface area contributed by atoms with E-state index in [1.54, 1.807) is 6.07 Å². The topological polar surface area (TPSA) is 60.7 Å². The smallest absolute Gasteiger partial charge is 0.160 e. The standard InChI is InChI=1S/C18H24O3/c1-18-9-8-11-10-4-6-15(19)17(21)13(10)3-2-12(11)14(18)5-7-16(18)20/h4,6,11-12,14,16,19-21H,2-3,5,7-9H2,1H3/t11-,12+,14-,16-,18+/m1/s1. The molecule has 3 nitrogen and oxygen atoms in total. The SMILES string of the molecule is C[C@]12CC[C@@H]3c4ccc(O)c(O)c4CC[C@@H]3[C@H]1CC[C@H]2O. The lowest BCUT2D eigenvalue weighted by Gasteiger charge is -2.50. The highest BCUT2D eigenvalue weighted by Crippen LogP contribution is 2.61. The molecule has 0 aromatic heterocycles. The minimum atomic E-state index is -0.141. The van der Waals surface area contributed by atoms with E-state index >= 15 is 0 Å². The highest BCUT2D eigenvalue weighted by Gasteiger charge is 2.54. The number of benzene rings is 1. The highest BCUT2D eigenvalue weighted by atomic mass is 16.3. The van der Waals surface area contributed by atoms with Crippen molar-refractivity contribution in [1.82, 2.24) is 0 Å². The van der Waals surface area contributed by atoms with Gasteiger partial charge in [0, 0.05) is 5.56 Å². The van der Waals surface area contributed by atoms with Crippen molar-refractivity contribution in [1.29, 1.82) is 0 Å². The third-order valence-corrected chi connectivity index (χ3v) is 6.81. The molecule has 0 spiro atoms. The fraction of sp³-hybridized carbons (Fsp3) is 0.667. The van der Waals surface area contributed by atoms with Crippen LogP contribution in [0.1, 0.15) is 56.1 Å². The molecular formula is C18H24O3.